The van der Waals surface area contributed by atoms with Crippen molar-refractivity contribution in [2.24, 2.45) is 11.8 Å². The van der Waals surface area contributed by atoms with Crippen molar-refractivity contribution in [1.82, 2.24) is 0 Å². The van der Waals surface area contributed by atoms with Crippen LogP contribution in [0.25, 0.3) is 0 Å². The molecule has 0 aromatic heterocycles. The van der Waals surface area contributed by atoms with Crippen LogP contribution in [0.15, 0.2) is 0 Å². The number of esters is 2. The topological polar surface area (TPSA) is 95.7 Å². The van der Waals surface area contributed by atoms with E-state index >= 15 is 0 Å². The van der Waals surface area contributed by atoms with E-state index in [0.29, 0.717) is 12.8 Å². The average molecular weight is 275 g/mol. The van der Waals surface area contributed by atoms with Crippen LogP contribution in [-0.2, 0) is 19.1 Å². The number of hydrogen-bond acceptors (Lipinski definition) is 6. The van der Waals surface area contributed by atoms with Gasteiger partial charge in [-0.2, -0.15) is 0 Å². The van der Waals surface area contributed by atoms with E-state index in [4.69, 9.17) is 9.47 Å². The molecule has 0 saturated carbocycles. The molecule has 0 N–H and O–H groups in total. The maximum absolute atomic E-state index is 11.8. The molecule has 1 atom stereocenters. The van der Waals surface area contributed by atoms with Gasteiger partial charge in [0.2, 0.25) is 6.54 Å². The van der Waals surface area contributed by atoms with Crippen molar-refractivity contribution in [3.05, 3.63) is 10.1 Å². The van der Waals surface area contributed by atoms with E-state index in [2.05, 4.69) is 0 Å². The summed E-state index contributed by atoms with van der Waals surface area (Å²) in [6.07, 6.45) is 1.02. The Morgan fingerprint density at radius 3 is 1.89 bits per heavy atom. The van der Waals surface area contributed by atoms with E-state index in [9.17, 15) is 19.7 Å². The summed E-state index contributed by atoms with van der Waals surface area (Å²) in [4.78, 5) is 33.8. The molecule has 0 radical (unpaired) electrons. The number of ether oxygens (including phenoxy) is 2. The highest BCUT2D eigenvalue weighted by Crippen LogP contribution is 2.21. The first kappa shape index (κ1) is 17.3. The summed E-state index contributed by atoms with van der Waals surface area (Å²) in [5.41, 5.74) is 0. The minimum Gasteiger partial charge on any atom is -0.465 e. The van der Waals surface area contributed by atoms with Gasteiger partial charge in [-0.25, -0.2) is 0 Å². The molecule has 0 aliphatic carbocycles. The van der Waals surface area contributed by atoms with E-state index in [0.717, 1.165) is 0 Å². The quantitative estimate of drug-likeness (QED) is 0.273. The molecule has 7 nitrogen and oxygen atoms in total. The molecule has 0 fully saturated rings. The van der Waals surface area contributed by atoms with E-state index < -0.39 is 35.2 Å². The van der Waals surface area contributed by atoms with Crippen LogP contribution in [-0.4, -0.2) is 36.6 Å². The molecule has 19 heavy (non-hydrogen) atoms. The van der Waals surface area contributed by atoms with Crippen LogP contribution in [0, 0.1) is 22.0 Å². The summed E-state index contributed by atoms with van der Waals surface area (Å²) in [5, 5.41) is 10.7. The molecule has 0 aromatic rings. The lowest BCUT2D eigenvalue weighted by Gasteiger charge is -2.20. The smallest absolute Gasteiger partial charge is 0.320 e. The molecule has 1 unspecified atom stereocenters. The van der Waals surface area contributed by atoms with Gasteiger partial charge in [-0.15, -0.1) is 0 Å². The third-order valence-electron chi connectivity index (χ3n) is 2.60. The van der Waals surface area contributed by atoms with Crippen molar-refractivity contribution in [2.45, 2.75) is 33.6 Å². The van der Waals surface area contributed by atoms with Crippen molar-refractivity contribution in [3.8, 4) is 0 Å². The van der Waals surface area contributed by atoms with E-state index in [-0.39, 0.29) is 13.2 Å². The molecular weight excluding hydrogens is 254 g/mol. The van der Waals surface area contributed by atoms with Gasteiger partial charge in [0.15, 0.2) is 5.92 Å². The molecule has 0 aliphatic heterocycles. The molecule has 0 aromatic carbocycles. The van der Waals surface area contributed by atoms with Gasteiger partial charge in [0.1, 0.15) is 0 Å². The van der Waals surface area contributed by atoms with Crippen molar-refractivity contribution in [1.29, 1.82) is 0 Å². The first-order valence-electron chi connectivity index (χ1n) is 6.42. The average Bonchev–Trinajstić information content (AvgIpc) is 2.29. The van der Waals surface area contributed by atoms with Gasteiger partial charge in [-0.1, -0.05) is 13.3 Å². The van der Waals surface area contributed by atoms with Crippen LogP contribution in [0.2, 0.25) is 0 Å². The first-order valence-corrected chi connectivity index (χ1v) is 6.42. The third kappa shape index (κ3) is 6.17. The van der Waals surface area contributed by atoms with Gasteiger partial charge in [-0.3, -0.25) is 19.7 Å². The highest BCUT2D eigenvalue weighted by Gasteiger charge is 2.39. The van der Waals surface area contributed by atoms with E-state index in [1.807, 2.05) is 6.92 Å². The van der Waals surface area contributed by atoms with Gasteiger partial charge in [0.25, 0.3) is 0 Å². The lowest BCUT2D eigenvalue weighted by atomic mass is 9.88. The summed E-state index contributed by atoms with van der Waals surface area (Å²) in [5.74, 6) is -3.41. The lowest BCUT2D eigenvalue weighted by Crippen LogP contribution is -2.37. The zero-order chi connectivity index (χ0) is 14.8. The monoisotopic (exact) mass is 275 g/mol. The molecule has 0 amide bonds. The minimum atomic E-state index is -1.22. The number of hydrogen-bond donors (Lipinski definition) is 0. The summed E-state index contributed by atoms with van der Waals surface area (Å²) in [6.45, 7) is 4.85. The zero-order valence-corrected chi connectivity index (χ0v) is 11.6. The van der Waals surface area contributed by atoms with Gasteiger partial charge < -0.3 is 9.47 Å². The molecule has 0 aliphatic rings. The highest BCUT2D eigenvalue weighted by molar-refractivity contribution is 5.95. The van der Waals surface area contributed by atoms with Gasteiger partial charge >= 0.3 is 11.9 Å². The first-order chi connectivity index (χ1) is 8.97. The van der Waals surface area contributed by atoms with Crippen molar-refractivity contribution < 1.29 is 24.0 Å². The van der Waals surface area contributed by atoms with Crippen LogP contribution < -0.4 is 0 Å². The molecule has 0 rings (SSSR count). The number of carbonyl (C=O) groups excluding carboxylic acids is 2. The normalized spacial score (nSPS) is 12.0. The van der Waals surface area contributed by atoms with Crippen LogP contribution in [0.4, 0.5) is 0 Å². The highest BCUT2D eigenvalue weighted by atomic mass is 16.6. The Morgan fingerprint density at radius 2 is 1.58 bits per heavy atom. The summed E-state index contributed by atoms with van der Waals surface area (Å²) < 4.78 is 9.64. The number of nitrogens with zero attached hydrogens (tertiary/aromatic N) is 1. The van der Waals surface area contributed by atoms with E-state index in [1.165, 1.54) is 0 Å². The SMILES string of the molecule is CCCC(C[N+](=O)[O-])C(C(=O)OCC)C(=O)OCC. The predicted octanol–water partition coefficient (Wildman–Crippen LogP) is 1.42. The maximum Gasteiger partial charge on any atom is 0.320 e. The summed E-state index contributed by atoms with van der Waals surface area (Å²) in [6, 6.07) is 0. The molecule has 0 heterocycles. The van der Waals surface area contributed by atoms with Gasteiger partial charge in [0.05, 0.1) is 13.2 Å². The molecule has 7 heteroatoms. The lowest BCUT2D eigenvalue weighted by molar-refractivity contribution is -0.489. The Kier molecular flexibility index (Phi) is 8.48. The third-order valence-corrected chi connectivity index (χ3v) is 2.60. The van der Waals surface area contributed by atoms with Crippen LogP contribution >= 0.6 is 0 Å². The number of carbonyl (C=O) groups is 2. The van der Waals surface area contributed by atoms with Crippen LogP contribution in [0.5, 0.6) is 0 Å². The second-order valence-electron chi connectivity index (χ2n) is 4.05. The van der Waals surface area contributed by atoms with Gasteiger partial charge in [0, 0.05) is 10.8 Å². The Labute approximate surface area is 112 Å². The summed E-state index contributed by atoms with van der Waals surface area (Å²) in [7, 11) is 0. The van der Waals surface area contributed by atoms with Crippen molar-refractivity contribution in [2.75, 3.05) is 19.8 Å². The standard InChI is InChI=1S/C12H21NO6/c1-4-7-9(8-13(16)17)10(11(14)18-5-2)12(15)19-6-3/h9-10H,4-8H2,1-3H3. The van der Waals surface area contributed by atoms with E-state index in [1.54, 1.807) is 13.8 Å². The van der Waals surface area contributed by atoms with Crippen molar-refractivity contribution >= 4 is 11.9 Å². The Balaban J connectivity index is 5.07. The van der Waals surface area contributed by atoms with Crippen molar-refractivity contribution in [3.63, 3.8) is 0 Å². The molecule has 0 bridgehead atoms. The minimum absolute atomic E-state index is 0.117. The second-order valence-corrected chi connectivity index (χ2v) is 4.05. The molecule has 110 valence electrons. The molecule has 0 spiro atoms. The maximum atomic E-state index is 11.8. The Morgan fingerprint density at radius 1 is 1.11 bits per heavy atom. The fraction of sp³-hybridized carbons (Fsp3) is 0.833. The fourth-order valence-corrected chi connectivity index (χ4v) is 1.87. The summed E-state index contributed by atoms with van der Waals surface area (Å²) >= 11 is 0. The number of nitro groups is 1. The Bertz CT molecular complexity index is 299. The number of rotatable bonds is 9. The Hall–Kier alpha value is -1.66. The second kappa shape index (κ2) is 9.29. The van der Waals surface area contributed by atoms with Crippen LogP contribution in [0.3, 0.4) is 0 Å². The molecular formula is C12H21NO6. The van der Waals surface area contributed by atoms with Crippen LogP contribution in [0.1, 0.15) is 33.6 Å². The van der Waals surface area contributed by atoms with Gasteiger partial charge in [-0.05, 0) is 20.3 Å². The molecule has 0 saturated heterocycles. The zero-order valence-electron chi connectivity index (χ0n) is 11.6. The fourth-order valence-electron chi connectivity index (χ4n) is 1.87. The largest absolute Gasteiger partial charge is 0.465 e. The predicted molar refractivity (Wildman–Crippen MR) is 67.0 cm³/mol.